The Hall–Kier alpha value is -2.19. The van der Waals surface area contributed by atoms with Crippen molar-refractivity contribution in [3.05, 3.63) is 0 Å². The Balaban J connectivity index is 6.82. The first kappa shape index (κ1) is 52.8. The van der Waals surface area contributed by atoms with E-state index >= 15 is 0 Å². The molecule has 0 fully saturated rings. The van der Waals surface area contributed by atoms with Crippen LogP contribution in [0.3, 0.4) is 0 Å². The van der Waals surface area contributed by atoms with Crippen molar-refractivity contribution >= 4 is 0 Å². The number of aliphatic hydroxyl groups excluding tert-OH is 1. The number of hydrogen-bond donors (Lipinski definition) is 1. The Morgan fingerprint density at radius 2 is 0.455 bits per heavy atom. The summed E-state index contributed by atoms with van der Waals surface area (Å²) in [6.07, 6.45) is -11.4. The SMILES string of the molecule is OCCOCCOCCOCCC(F)(F)C(F)(F)C(F)(F)C(F)(F)C(F)(F)C(F)(F)C(F)(F)C(F)(F)C(F)(F)C(F)(F)C(F)(F)C(F)(F)C(F)(F)C(F)(F)F. The fraction of sp³-hybridized carbons (Fsp3) is 1.00. The summed E-state index contributed by atoms with van der Waals surface area (Å²) in [5, 5.41) is 8.40. The number of hydrogen-bond acceptors (Lipinski definition) is 4. The maximum absolute atomic E-state index is 14.0. The van der Waals surface area contributed by atoms with E-state index in [1.165, 1.54) is 0 Å². The van der Waals surface area contributed by atoms with Gasteiger partial charge in [0, 0.05) is 6.42 Å². The summed E-state index contributed by atoms with van der Waals surface area (Å²) in [5.74, 6) is -120. The molecule has 0 spiro atoms. The average Bonchev–Trinajstić information content (AvgIpc) is 3.00. The molecule has 0 atom stereocenters. The zero-order valence-electron chi connectivity index (χ0n) is 25.3. The normalized spacial score (nSPS) is 16.3. The van der Waals surface area contributed by atoms with E-state index in [4.69, 9.17) is 5.11 Å². The van der Waals surface area contributed by atoms with Gasteiger partial charge in [-0.25, -0.2) is 0 Å². The van der Waals surface area contributed by atoms with Crippen LogP contribution < -0.4 is 0 Å². The van der Waals surface area contributed by atoms with E-state index in [-0.39, 0.29) is 19.8 Å². The van der Waals surface area contributed by atoms with E-state index < -0.39 is 116 Å². The lowest BCUT2D eigenvalue weighted by atomic mass is 9.83. The molecule has 0 rings (SSSR count). The van der Waals surface area contributed by atoms with Crippen LogP contribution in [0.5, 0.6) is 0 Å². The second-order valence-corrected chi connectivity index (χ2v) is 10.4. The average molecular weight is 896 g/mol. The van der Waals surface area contributed by atoms with Gasteiger partial charge in [0.1, 0.15) is 0 Å². The molecule has 332 valence electrons. The summed E-state index contributed by atoms with van der Waals surface area (Å²) >= 11 is 0. The van der Waals surface area contributed by atoms with Crippen LogP contribution in [0.2, 0.25) is 0 Å². The first-order valence-corrected chi connectivity index (χ1v) is 13.1. The highest BCUT2D eigenvalue weighted by Gasteiger charge is 3.00. The van der Waals surface area contributed by atoms with E-state index in [1.807, 2.05) is 0 Å². The Morgan fingerprint density at radius 1 is 0.255 bits per heavy atom. The molecule has 33 heteroatoms. The highest BCUT2D eigenvalue weighted by atomic mass is 19.4. The van der Waals surface area contributed by atoms with Crippen molar-refractivity contribution in [1.29, 1.82) is 0 Å². The van der Waals surface area contributed by atoms with Gasteiger partial charge in [-0.05, 0) is 0 Å². The van der Waals surface area contributed by atoms with Crippen LogP contribution in [0.25, 0.3) is 0 Å². The quantitative estimate of drug-likeness (QED) is 0.0822. The van der Waals surface area contributed by atoms with E-state index in [2.05, 4.69) is 14.2 Å². The molecule has 0 saturated carbocycles. The number of halogens is 29. The van der Waals surface area contributed by atoms with E-state index in [1.54, 1.807) is 0 Å². The monoisotopic (exact) mass is 896 g/mol. The van der Waals surface area contributed by atoms with Crippen molar-refractivity contribution in [2.75, 3.05) is 46.2 Å². The lowest BCUT2D eigenvalue weighted by molar-refractivity contribution is -0.487. The van der Waals surface area contributed by atoms with E-state index in [0.717, 1.165) is 0 Å². The molecule has 0 saturated heterocycles. The molecular formula is C22H17F29O4. The molecule has 0 heterocycles. The molecule has 0 radical (unpaired) electrons. The minimum atomic E-state index is -9.95. The van der Waals surface area contributed by atoms with E-state index in [0.29, 0.717) is 0 Å². The fourth-order valence-electron chi connectivity index (χ4n) is 3.34. The fourth-order valence-corrected chi connectivity index (χ4v) is 3.34. The van der Waals surface area contributed by atoms with Crippen molar-refractivity contribution in [2.45, 2.75) is 89.6 Å². The molecule has 55 heavy (non-hydrogen) atoms. The van der Waals surface area contributed by atoms with Crippen molar-refractivity contribution < 1.29 is 147 Å². The number of alkyl halides is 29. The zero-order chi connectivity index (χ0) is 44.8. The molecule has 0 aromatic rings. The topological polar surface area (TPSA) is 47.9 Å². The molecule has 0 aromatic heterocycles. The van der Waals surface area contributed by atoms with E-state index in [9.17, 15) is 127 Å². The van der Waals surface area contributed by atoms with Crippen molar-refractivity contribution in [2.24, 2.45) is 0 Å². The van der Waals surface area contributed by atoms with Crippen LogP contribution >= 0.6 is 0 Å². The summed E-state index contributed by atoms with van der Waals surface area (Å²) < 4.78 is 407. The number of ether oxygens (including phenoxy) is 3. The van der Waals surface area contributed by atoms with Crippen molar-refractivity contribution in [3.8, 4) is 0 Å². The highest BCUT2D eigenvalue weighted by molar-refractivity contribution is 5.21. The number of aliphatic hydroxyl groups is 1. The first-order valence-electron chi connectivity index (χ1n) is 13.1. The molecule has 0 amide bonds. The van der Waals surface area contributed by atoms with Crippen LogP contribution in [-0.2, 0) is 14.2 Å². The maximum Gasteiger partial charge on any atom is 0.460 e. The van der Waals surface area contributed by atoms with Crippen LogP contribution in [-0.4, -0.2) is 135 Å². The van der Waals surface area contributed by atoms with Gasteiger partial charge in [-0.3, -0.25) is 0 Å². The maximum atomic E-state index is 14.0. The summed E-state index contributed by atoms with van der Waals surface area (Å²) in [6, 6.07) is 0. The number of rotatable bonds is 23. The van der Waals surface area contributed by atoms with Crippen LogP contribution in [0.1, 0.15) is 6.42 Å². The predicted molar refractivity (Wildman–Crippen MR) is 115 cm³/mol. The molecule has 1 N–H and O–H groups in total. The Morgan fingerprint density at radius 3 is 0.691 bits per heavy atom. The van der Waals surface area contributed by atoms with Gasteiger partial charge in [0.25, 0.3) is 0 Å². The summed E-state index contributed by atoms with van der Waals surface area (Å²) in [5.41, 5.74) is 0. The third kappa shape index (κ3) is 7.87. The molecule has 0 aliphatic carbocycles. The van der Waals surface area contributed by atoms with Gasteiger partial charge in [-0.15, -0.1) is 0 Å². The van der Waals surface area contributed by atoms with Gasteiger partial charge in [0.05, 0.1) is 46.2 Å². The lowest BCUT2D eigenvalue weighted by Gasteiger charge is -2.46. The van der Waals surface area contributed by atoms with Gasteiger partial charge in [0.2, 0.25) is 0 Å². The van der Waals surface area contributed by atoms with Crippen LogP contribution in [0.15, 0.2) is 0 Å². The van der Waals surface area contributed by atoms with Gasteiger partial charge in [-0.2, -0.15) is 127 Å². The largest absolute Gasteiger partial charge is 0.460 e. The summed E-state index contributed by atoms with van der Waals surface area (Å²) in [4.78, 5) is 0. The first-order chi connectivity index (χ1) is 23.8. The smallest absolute Gasteiger partial charge is 0.394 e. The highest BCUT2D eigenvalue weighted by Crippen LogP contribution is 2.69. The zero-order valence-corrected chi connectivity index (χ0v) is 25.3. The second kappa shape index (κ2) is 15.5. The predicted octanol–water partition coefficient (Wildman–Crippen LogP) is 9.24. The molecule has 0 unspecified atom stereocenters. The van der Waals surface area contributed by atoms with Gasteiger partial charge < -0.3 is 19.3 Å². The standard InChI is InChI=1S/C22H17F29O4/c23-9(24,1-3-53-5-7-55-8-6-54-4-2-52)10(25,26)11(27,28)12(29,30)13(31,32)14(33,34)15(35,36)16(37,38)17(39,40)18(41,42)19(43,44)20(45,46)21(47,48)22(49,50)51/h52H,1-8H2. The van der Waals surface area contributed by atoms with Gasteiger partial charge in [-0.1, -0.05) is 0 Å². The van der Waals surface area contributed by atoms with Crippen LogP contribution in [0.4, 0.5) is 127 Å². The van der Waals surface area contributed by atoms with Crippen molar-refractivity contribution in [3.63, 3.8) is 0 Å². The van der Waals surface area contributed by atoms with Gasteiger partial charge >= 0.3 is 83.2 Å². The minimum Gasteiger partial charge on any atom is -0.394 e. The molecule has 4 nitrogen and oxygen atoms in total. The third-order valence-electron chi connectivity index (χ3n) is 6.69. The van der Waals surface area contributed by atoms with Gasteiger partial charge in [0.15, 0.2) is 0 Å². The lowest BCUT2D eigenvalue weighted by Crippen LogP contribution is -2.79. The molecule has 0 aliphatic heterocycles. The molecule has 0 aromatic carbocycles. The second-order valence-electron chi connectivity index (χ2n) is 10.4. The van der Waals surface area contributed by atoms with Crippen molar-refractivity contribution in [1.82, 2.24) is 0 Å². The minimum absolute atomic E-state index is 0.228. The summed E-state index contributed by atoms with van der Waals surface area (Å²) in [6.45, 7) is -5.09. The Kier molecular flexibility index (Phi) is 14.9. The molecule has 0 aliphatic rings. The summed E-state index contributed by atoms with van der Waals surface area (Å²) in [7, 11) is 0. The molecular weight excluding hydrogens is 879 g/mol. The Labute approximate surface area is 283 Å². The third-order valence-corrected chi connectivity index (χ3v) is 6.69. The molecule has 0 bridgehead atoms. The van der Waals surface area contributed by atoms with Crippen LogP contribution in [0, 0.1) is 0 Å². The Bertz CT molecular complexity index is 1260.